The molecule has 98 valence electrons. The van der Waals surface area contributed by atoms with Gasteiger partial charge in [0.1, 0.15) is 0 Å². The standard InChI is InChI=1S/C14H18BrNO2/c1-2-16(9-14(17)18)13-6-4-10-7-12(15)5-3-11(10)8-13/h3,5,7,13H,2,4,6,8-9H2,1H3,(H,17,18). The predicted octanol–water partition coefficient (Wildman–Crippen LogP) is 2.71. The van der Waals surface area contributed by atoms with E-state index in [1.165, 1.54) is 11.1 Å². The number of rotatable bonds is 4. The van der Waals surface area contributed by atoms with Crippen molar-refractivity contribution in [3.05, 3.63) is 33.8 Å². The zero-order valence-corrected chi connectivity index (χ0v) is 12.1. The van der Waals surface area contributed by atoms with Gasteiger partial charge in [0.15, 0.2) is 0 Å². The van der Waals surface area contributed by atoms with Crippen molar-refractivity contribution in [3.8, 4) is 0 Å². The second-order valence-electron chi connectivity index (χ2n) is 4.77. The minimum Gasteiger partial charge on any atom is -0.480 e. The Morgan fingerprint density at radius 3 is 2.94 bits per heavy atom. The van der Waals surface area contributed by atoms with Gasteiger partial charge in [-0.15, -0.1) is 0 Å². The molecule has 2 rings (SSSR count). The van der Waals surface area contributed by atoms with Crippen LogP contribution < -0.4 is 0 Å². The van der Waals surface area contributed by atoms with E-state index in [1.54, 1.807) is 0 Å². The number of hydrogen-bond donors (Lipinski definition) is 1. The summed E-state index contributed by atoms with van der Waals surface area (Å²) in [4.78, 5) is 12.9. The van der Waals surface area contributed by atoms with Crippen LogP contribution in [-0.2, 0) is 17.6 Å². The van der Waals surface area contributed by atoms with Gasteiger partial charge >= 0.3 is 5.97 Å². The van der Waals surface area contributed by atoms with Gasteiger partial charge < -0.3 is 5.11 Å². The van der Waals surface area contributed by atoms with Crippen LogP contribution in [0.25, 0.3) is 0 Å². The van der Waals surface area contributed by atoms with E-state index in [-0.39, 0.29) is 6.54 Å². The predicted molar refractivity (Wildman–Crippen MR) is 74.8 cm³/mol. The fourth-order valence-corrected chi connectivity index (χ4v) is 3.10. The van der Waals surface area contributed by atoms with Crippen LogP contribution >= 0.6 is 15.9 Å². The summed E-state index contributed by atoms with van der Waals surface area (Å²) in [5.41, 5.74) is 2.75. The first-order valence-corrected chi connectivity index (χ1v) is 7.12. The molecule has 0 heterocycles. The molecule has 1 unspecified atom stereocenters. The minimum atomic E-state index is -0.738. The first-order chi connectivity index (χ1) is 8.60. The summed E-state index contributed by atoms with van der Waals surface area (Å²) in [6, 6.07) is 6.76. The number of carboxylic acids is 1. The molecule has 0 fully saturated rings. The van der Waals surface area contributed by atoms with E-state index in [1.807, 2.05) is 6.92 Å². The van der Waals surface area contributed by atoms with Crippen molar-refractivity contribution in [2.75, 3.05) is 13.1 Å². The third kappa shape index (κ3) is 3.12. The van der Waals surface area contributed by atoms with Crippen LogP contribution in [-0.4, -0.2) is 35.1 Å². The van der Waals surface area contributed by atoms with E-state index in [9.17, 15) is 4.79 Å². The smallest absolute Gasteiger partial charge is 0.317 e. The molecule has 18 heavy (non-hydrogen) atoms. The topological polar surface area (TPSA) is 40.5 Å². The molecule has 0 aromatic heterocycles. The Morgan fingerprint density at radius 2 is 2.28 bits per heavy atom. The Hall–Kier alpha value is -0.870. The Balaban J connectivity index is 2.10. The number of nitrogens with zero attached hydrogens (tertiary/aromatic N) is 1. The van der Waals surface area contributed by atoms with Gasteiger partial charge in [0.05, 0.1) is 6.54 Å². The molecule has 1 N–H and O–H groups in total. The monoisotopic (exact) mass is 311 g/mol. The zero-order chi connectivity index (χ0) is 13.1. The molecular formula is C14H18BrNO2. The number of benzene rings is 1. The van der Waals surface area contributed by atoms with Gasteiger partial charge in [0.2, 0.25) is 0 Å². The molecule has 0 saturated heterocycles. The average Bonchev–Trinajstić information content (AvgIpc) is 2.35. The molecule has 4 heteroatoms. The second-order valence-corrected chi connectivity index (χ2v) is 5.68. The lowest BCUT2D eigenvalue weighted by Gasteiger charge is -2.33. The Morgan fingerprint density at radius 1 is 1.50 bits per heavy atom. The highest BCUT2D eigenvalue weighted by atomic mass is 79.9. The molecule has 1 aliphatic rings. The summed E-state index contributed by atoms with van der Waals surface area (Å²) < 4.78 is 1.12. The maximum Gasteiger partial charge on any atom is 0.317 e. The van der Waals surface area contributed by atoms with E-state index in [0.717, 1.165) is 30.3 Å². The van der Waals surface area contributed by atoms with Gasteiger partial charge in [0.25, 0.3) is 0 Å². The van der Waals surface area contributed by atoms with Crippen molar-refractivity contribution in [2.24, 2.45) is 0 Å². The molecular weight excluding hydrogens is 294 g/mol. The van der Waals surface area contributed by atoms with Crippen molar-refractivity contribution in [3.63, 3.8) is 0 Å². The van der Waals surface area contributed by atoms with E-state index in [0.29, 0.717) is 6.04 Å². The molecule has 3 nitrogen and oxygen atoms in total. The molecule has 1 aliphatic carbocycles. The highest BCUT2D eigenvalue weighted by Crippen LogP contribution is 2.27. The highest BCUT2D eigenvalue weighted by molar-refractivity contribution is 9.10. The van der Waals surface area contributed by atoms with Crippen molar-refractivity contribution in [2.45, 2.75) is 32.2 Å². The molecule has 0 aliphatic heterocycles. The number of halogens is 1. The SMILES string of the molecule is CCN(CC(=O)O)C1CCc2cc(Br)ccc2C1. The van der Waals surface area contributed by atoms with E-state index in [2.05, 4.69) is 39.0 Å². The summed E-state index contributed by atoms with van der Waals surface area (Å²) in [6.07, 6.45) is 3.05. The quantitative estimate of drug-likeness (QED) is 0.929. The second kappa shape index (κ2) is 5.85. The Kier molecular flexibility index (Phi) is 4.40. The van der Waals surface area contributed by atoms with Crippen LogP contribution in [0.3, 0.4) is 0 Å². The zero-order valence-electron chi connectivity index (χ0n) is 10.5. The lowest BCUT2D eigenvalue weighted by Crippen LogP contribution is -2.42. The molecule has 0 bridgehead atoms. The van der Waals surface area contributed by atoms with Crippen molar-refractivity contribution in [1.82, 2.24) is 4.90 Å². The maximum absolute atomic E-state index is 10.9. The summed E-state index contributed by atoms with van der Waals surface area (Å²) in [5, 5.41) is 8.93. The van der Waals surface area contributed by atoms with Gasteiger partial charge in [-0.25, -0.2) is 0 Å². The van der Waals surface area contributed by atoms with Crippen LogP contribution in [0.5, 0.6) is 0 Å². The van der Waals surface area contributed by atoms with E-state index >= 15 is 0 Å². The third-order valence-electron chi connectivity index (χ3n) is 3.63. The van der Waals surface area contributed by atoms with Gasteiger partial charge in [-0.05, 0) is 49.1 Å². The van der Waals surface area contributed by atoms with Crippen LogP contribution in [0.4, 0.5) is 0 Å². The van der Waals surface area contributed by atoms with Crippen LogP contribution in [0, 0.1) is 0 Å². The third-order valence-corrected chi connectivity index (χ3v) is 4.12. The van der Waals surface area contributed by atoms with Gasteiger partial charge in [0, 0.05) is 10.5 Å². The maximum atomic E-state index is 10.9. The summed E-state index contributed by atoms with van der Waals surface area (Å²) in [7, 11) is 0. The van der Waals surface area contributed by atoms with E-state index in [4.69, 9.17) is 5.11 Å². The lowest BCUT2D eigenvalue weighted by molar-refractivity contribution is -0.138. The summed E-state index contributed by atoms with van der Waals surface area (Å²) >= 11 is 3.49. The van der Waals surface area contributed by atoms with Crippen molar-refractivity contribution < 1.29 is 9.90 Å². The lowest BCUT2D eigenvalue weighted by atomic mass is 9.87. The fourth-order valence-electron chi connectivity index (χ4n) is 2.69. The average molecular weight is 312 g/mol. The number of hydrogen-bond acceptors (Lipinski definition) is 2. The molecule has 1 atom stereocenters. The number of likely N-dealkylation sites (N-methyl/N-ethyl adjacent to an activating group) is 1. The van der Waals surface area contributed by atoms with Crippen LogP contribution in [0.1, 0.15) is 24.5 Å². The number of carboxylic acid groups (broad SMARTS) is 1. The Bertz CT molecular complexity index is 447. The number of fused-ring (bicyclic) bond motifs is 1. The van der Waals surface area contributed by atoms with Gasteiger partial charge in [-0.3, -0.25) is 9.69 Å². The number of carbonyl (C=O) groups is 1. The first-order valence-electron chi connectivity index (χ1n) is 6.33. The minimum absolute atomic E-state index is 0.146. The van der Waals surface area contributed by atoms with E-state index < -0.39 is 5.97 Å². The van der Waals surface area contributed by atoms with Gasteiger partial charge in [-0.2, -0.15) is 0 Å². The highest BCUT2D eigenvalue weighted by Gasteiger charge is 2.24. The van der Waals surface area contributed by atoms with Crippen molar-refractivity contribution in [1.29, 1.82) is 0 Å². The molecule has 0 amide bonds. The number of aryl methyl sites for hydroxylation is 1. The summed E-state index contributed by atoms with van der Waals surface area (Å²) in [5.74, 6) is -0.738. The molecule has 0 saturated carbocycles. The normalized spacial score (nSPS) is 18.7. The number of aliphatic carboxylic acids is 1. The fraction of sp³-hybridized carbons (Fsp3) is 0.500. The van der Waals surface area contributed by atoms with Crippen LogP contribution in [0.2, 0.25) is 0 Å². The molecule has 0 spiro atoms. The largest absolute Gasteiger partial charge is 0.480 e. The summed E-state index contributed by atoms with van der Waals surface area (Å²) in [6.45, 7) is 2.97. The molecule has 1 aromatic carbocycles. The van der Waals surface area contributed by atoms with Gasteiger partial charge in [-0.1, -0.05) is 28.9 Å². The first kappa shape index (κ1) is 13.6. The van der Waals surface area contributed by atoms with Crippen molar-refractivity contribution >= 4 is 21.9 Å². The molecule has 0 radical (unpaired) electrons. The molecule has 1 aromatic rings. The van der Waals surface area contributed by atoms with Crippen LogP contribution in [0.15, 0.2) is 22.7 Å². The Labute approximate surface area is 116 Å².